The zero-order valence-corrected chi connectivity index (χ0v) is 33.5. The number of phenols is 3. The molecule has 2 aromatic rings. The maximum absolute atomic E-state index is 14.3. The second kappa shape index (κ2) is 16.8. The van der Waals surface area contributed by atoms with E-state index in [4.69, 9.17) is 14.2 Å². The first-order valence-corrected chi connectivity index (χ1v) is 18.9. The van der Waals surface area contributed by atoms with Crippen molar-refractivity contribution in [2.45, 2.75) is 78.7 Å². The molecule has 15 nitrogen and oxygen atoms in total. The number of fused-ring (bicyclic) bond motifs is 14. The van der Waals surface area contributed by atoms with E-state index in [1.165, 1.54) is 52.5 Å². The fourth-order valence-corrected chi connectivity index (χ4v) is 7.53. The van der Waals surface area contributed by atoms with E-state index < -0.39 is 82.8 Å². The maximum atomic E-state index is 14.3. The number of carbonyl (C=O) groups is 2. The number of ketones is 1. The number of rotatable bonds is 3. The van der Waals surface area contributed by atoms with E-state index in [0.717, 1.165) is 13.1 Å². The summed E-state index contributed by atoms with van der Waals surface area (Å²) in [5.74, 6) is -7.59. The molecule has 7 N–H and O–H groups in total. The number of amides is 1. The van der Waals surface area contributed by atoms with Crippen molar-refractivity contribution in [2.24, 2.45) is 28.8 Å². The number of hydrogen-bond donors (Lipinski definition) is 7. The zero-order valence-electron chi connectivity index (χ0n) is 33.5. The van der Waals surface area contributed by atoms with Crippen LogP contribution < -0.4 is 10.1 Å². The third kappa shape index (κ3) is 7.96. The summed E-state index contributed by atoms with van der Waals surface area (Å²) in [5, 5.41) is 77.6. The summed E-state index contributed by atoms with van der Waals surface area (Å²) in [7, 11) is 3.43. The Kier molecular flexibility index (Phi) is 12.8. The quantitative estimate of drug-likeness (QED) is 0.134. The van der Waals surface area contributed by atoms with Crippen LogP contribution in [0, 0.1) is 30.6 Å². The molecular weight excluding hydrogens is 724 g/mol. The normalized spacial score (nSPS) is 32.4. The number of benzene rings is 2. The Morgan fingerprint density at radius 3 is 2.16 bits per heavy atom. The van der Waals surface area contributed by atoms with Gasteiger partial charge in [0.25, 0.3) is 11.7 Å². The molecule has 0 spiro atoms. The fraction of sp³-hybridized carbons (Fsp3) is 0.537. The zero-order chi connectivity index (χ0) is 41.4. The molecule has 0 aromatic heterocycles. The molecule has 5 bridgehead atoms. The monoisotopic (exact) mass is 780 g/mol. The second-order valence-electron chi connectivity index (χ2n) is 15.5. The number of piperazine rings is 1. The van der Waals surface area contributed by atoms with Crippen LogP contribution in [0.25, 0.3) is 10.8 Å². The Hall–Kier alpha value is -4.67. The van der Waals surface area contributed by atoms with Gasteiger partial charge in [0.15, 0.2) is 5.75 Å². The molecule has 4 heterocycles. The molecule has 2 aromatic carbocycles. The first-order chi connectivity index (χ1) is 26.3. The van der Waals surface area contributed by atoms with Crippen LogP contribution in [-0.4, -0.2) is 129 Å². The number of ether oxygens (including phenoxy) is 3. The largest absolute Gasteiger partial charge is 0.507 e. The molecule has 306 valence electrons. The maximum Gasteiger partial charge on any atom is 0.312 e. The summed E-state index contributed by atoms with van der Waals surface area (Å²) < 4.78 is 17.7. The fourth-order valence-electron chi connectivity index (χ4n) is 7.53. The minimum absolute atomic E-state index is 0.0688. The van der Waals surface area contributed by atoms with Crippen molar-refractivity contribution in [3.63, 3.8) is 0 Å². The van der Waals surface area contributed by atoms with E-state index in [1.807, 2.05) is 7.05 Å². The number of hydrogen-bond acceptors (Lipinski definition) is 14. The number of carbonyl (C=O) groups excluding carboxylic acids is 2. The summed E-state index contributed by atoms with van der Waals surface area (Å²) >= 11 is 0. The molecule has 4 aliphatic rings. The van der Waals surface area contributed by atoms with Crippen molar-refractivity contribution < 1.29 is 54.4 Å². The van der Waals surface area contributed by atoms with Crippen LogP contribution in [0.4, 0.5) is 5.69 Å². The van der Waals surface area contributed by atoms with Crippen molar-refractivity contribution in [3.8, 4) is 23.0 Å². The van der Waals surface area contributed by atoms with E-state index in [9.17, 15) is 40.2 Å². The highest BCUT2D eigenvalue weighted by atomic mass is 16.7. The van der Waals surface area contributed by atoms with Gasteiger partial charge in [-0.25, -0.2) is 0 Å². The van der Waals surface area contributed by atoms with Gasteiger partial charge in [-0.1, -0.05) is 45.9 Å². The number of Topliss-reactive ketones (excluding diaryl/α,β-unsaturated/α-hetero) is 1. The van der Waals surface area contributed by atoms with E-state index in [0.29, 0.717) is 13.1 Å². The van der Waals surface area contributed by atoms with Gasteiger partial charge in [0.1, 0.15) is 17.2 Å². The molecule has 1 saturated heterocycles. The number of hydrazone groups is 1. The molecular formula is C41H56N4O11. The van der Waals surface area contributed by atoms with Gasteiger partial charge in [0.05, 0.1) is 59.1 Å². The van der Waals surface area contributed by atoms with Crippen molar-refractivity contribution in [1.82, 2.24) is 9.91 Å². The van der Waals surface area contributed by atoms with Crippen LogP contribution in [0.3, 0.4) is 0 Å². The molecule has 0 unspecified atom stereocenters. The lowest BCUT2D eigenvalue weighted by atomic mass is 9.78. The number of phenolic OH excluding ortho intramolecular Hbond substituents is 3. The number of nitrogens with one attached hydrogen (secondary N) is 1. The van der Waals surface area contributed by atoms with Gasteiger partial charge < -0.3 is 55.1 Å². The molecule has 0 saturated carbocycles. The first kappa shape index (κ1) is 42.5. The van der Waals surface area contributed by atoms with Crippen molar-refractivity contribution in [1.29, 1.82) is 0 Å². The smallest absolute Gasteiger partial charge is 0.312 e. The number of allylic oxidation sites excluding steroid dienone is 2. The third-order valence-corrected chi connectivity index (χ3v) is 11.6. The number of methoxy groups -OCH3 is 1. The van der Waals surface area contributed by atoms with Gasteiger partial charge in [-0.05, 0) is 27.0 Å². The van der Waals surface area contributed by atoms with Crippen LogP contribution >= 0.6 is 0 Å². The SMILES string of the molecule is CO[C@H]1/C=C/O[C@@]2(C)Oc3c(C)c(O)c4c(O)c(c(/C=N/N5CCN(C)CC5)c(O)c4c3C2=O)NC(=O)C(C)=C/C=C/[C@@H](C)[C@@H](O)[C@@H](C)[C@H](O)[C@@H](C)[C@H](O)[C@@H]1C. The Labute approximate surface area is 327 Å². The molecule has 6 rings (SSSR count). The lowest BCUT2D eigenvalue weighted by molar-refractivity contribution is -0.112. The summed E-state index contributed by atoms with van der Waals surface area (Å²) in [6.45, 7) is 13.8. The molecule has 0 aliphatic carbocycles. The number of aromatic hydroxyl groups is 3. The molecule has 1 fully saturated rings. The van der Waals surface area contributed by atoms with E-state index in [-0.39, 0.29) is 44.5 Å². The lowest BCUT2D eigenvalue weighted by Gasteiger charge is -2.36. The summed E-state index contributed by atoms with van der Waals surface area (Å²) in [6, 6.07) is 0. The second-order valence-corrected chi connectivity index (χ2v) is 15.5. The minimum Gasteiger partial charge on any atom is -0.507 e. The average Bonchev–Trinajstić information content (AvgIpc) is 3.44. The van der Waals surface area contributed by atoms with Crippen molar-refractivity contribution in [3.05, 3.63) is 52.8 Å². The number of nitrogens with zero attached hydrogens (tertiary/aromatic N) is 3. The third-order valence-electron chi connectivity index (χ3n) is 11.6. The Morgan fingerprint density at radius 1 is 0.893 bits per heavy atom. The van der Waals surface area contributed by atoms with Gasteiger partial charge in [0.2, 0.25) is 0 Å². The summed E-state index contributed by atoms with van der Waals surface area (Å²) in [6.07, 6.45) is 4.79. The number of anilines is 1. The van der Waals surface area contributed by atoms with E-state index >= 15 is 0 Å². The number of aliphatic hydroxyl groups is 3. The van der Waals surface area contributed by atoms with Crippen molar-refractivity contribution >= 4 is 34.4 Å². The standard InChI is InChI=1S/C41H56N4O11/c1-20-11-10-12-21(2)40(53)43-31-26(19-42-45-16-14-44(8)15-17-45)36(50)28-29(37(31)51)35(49)25(6)38-30(28)39(52)41(7,56-38)55-18-13-27(54-9)22(3)33(47)24(5)34(48)23(4)32(20)46/h10-13,18-20,22-24,27,32-34,46-51H,14-17H2,1-9H3,(H,43,53)/b11-10+,18-13+,21-12?,42-19+/t20-,22-,23-,24+,27+,32-,33-,34+,41+/m1/s1. The number of likely N-dealkylation sites (N-methyl/N-ethyl adjacent to an activating group) is 1. The van der Waals surface area contributed by atoms with Gasteiger partial charge >= 0.3 is 5.79 Å². The molecule has 1 amide bonds. The first-order valence-electron chi connectivity index (χ1n) is 18.9. The Bertz CT molecular complexity index is 1950. The van der Waals surface area contributed by atoms with Crippen molar-refractivity contribution in [2.75, 3.05) is 45.7 Å². The van der Waals surface area contributed by atoms with Gasteiger partial charge in [-0.3, -0.25) is 14.6 Å². The van der Waals surface area contributed by atoms with Crippen LogP contribution in [0.15, 0.2) is 41.2 Å². The molecule has 0 radical (unpaired) electrons. The predicted molar refractivity (Wildman–Crippen MR) is 211 cm³/mol. The highest BCUT2D eigenvalue weighted by Crippen LogP contribution is 2.55. The highest BCUT2D eigenvalue weighted by Gasteiger charge is 2.50. The highest BCUT2D eigenvalue weighted by molar-refractivity contribution is 6.23. The Morgan fingerprint density at radius 2 is 1.52 bits per heavy atom. The molecule has 56 heavy (non-hydrogen) atoms. The van der Waals surface area contributed by atoms with Crippen LogP contribution in [0.1, 0.15) is 63.0 Å². The van der Waals surface area contributed by atoms with Gasteiger partial charge in [0, 0.05) is 80.4 Å². The average molecular weight is 781 g/mol. The minimum atomic E-state index is -2.01. The predicted octanol–water partition coefficient (Wildman–Crippen LogP) is 3.76. The van der Waals surface area contributed by atoms with E-state index in [2.05, 4.69) is 15.3 Å². The molecule has 9 atom stereocenters. The summed E-state index contributed by atoms with van der Waals surface area (Å²) in [5.41, 5.74) is -0.290. The molecule has 4 aliphatic heterocycles. The van der Waals surface area contributed by atoms with Gasteiger partial charge in [-0.15, -0.1) is 0 Å². The van der Waals surface area contributed by atoms with Crippen LogP contribution in [0.2, 0.25) is 0 Å². The van der Waals surface area contributed by atoms with Gasteiger partial charge in [-0.2, -0.15) is 5.10 Å². The topological polar surface area (TPSA) is 214 Å². The lowest BCUT2D eigenvalue weighted by Crippen LogP contribution is -2.44. The summed E-state index contributed by atoms with van der Waals surface area (Å²) in [4.78, 5) is 30.1. The van der Waals surface area contributed by atoms with Crippen LogP contribution in [0.5, 0.6) is 23.0 Å². The van der Waals surface area contributed by atoms with E-state index in [1.54, 1.807) is 44.9 Å². The molecule has 15 heteroatoms. The Balaban J connectivity index is 1.70. The number of aliphatic hydroxyl groups excluding tert-OH is 3. The van der Waals surface area contributed by atoms with Crippen LogP contribution in [-0.2, 0) is 14.3 Å².